The van der Waals surface area contributed by atoms with Crippen LogP contribution in [0.4, 0.5) is 0 Å². The number of carbonyl (C=O) groups is 1. The lowest BCUT2D eigenvalue weighted by molar-refractivity contribution is -0.0738. The first-order valence-electron chi connectivity index (χ1n) is 12.4. The number of nitrogens with two attached hydrogens (primary N) is 1. The number of nitrogens with zero attached hydrogens (tertiary/aromatic N) is 3. The van der Waals surface area contributed by atoms with Crippen LogP contribution in [0.5, 0.6) is 5.75 Å². The van der Waals surface area contributed by atoms with Crippen LogP contribution in [0.1, 0.15) is 35.7 Å². The lowest BCUT2D eigenvalue weighted by Gasteiger charge is -2.49. The number of hydrogen-bond acceptors (Lipinski definition) is 5. The lowest BCUT2D eigenvalue weighted by atomic mass is 9.63. The molecule has 6 rings (SSSR count). The Morgan fingerprint density at radius 2 is 1.73 bits per heavy atom. The predicted molar refractivity (Wildman–Crippen MR) is 143 cm³/mol. The van der Waals surface area contributed by atoms with Crippen LogP contribution in [0.15, 0.2) is 72.8 Å². The van der Waals surface area contributed by atoms with Gasteiger partial charge < -0.3 is 20.5 Å². The Morgan fingerprint density at radius 3 is 2.38 bits per heavy atom. The second kappa shape index (κ2) is 8.30. The summed E-state index contributed by atoms with van der Waals surface area (Å²) < 4.78 is 8.19. The minimum absolute atomic E-state index is 0.0729. The highest BCUT2D eigenvalue weighted by atomic mass is 16.5. The summed E-state index contributed by atoms with van der Waals surface area (Å²) in [6.45, 7) is 2.14. The molecule has 0 atom stereocenters. The van der Waals surface area contributed by atoms with Gasteiger partial charge in [0.25, 0.3) is 5.91 Å². The van der Waals surface area contributed by atoms with Crippen LogP contribution in [0.3, 0.4) is 0 Å². The minimum atomic E-state index is -0.711. The number of aliphatic hydroxyl groups is 1. The van der Waals surface area contributed by atoms with Crippen molar-refractivity contribution in [2.45, 2.75) is 37.6 Å². The van der Waals surface area contributed by atoms with E-state index in [0.717, 1.165) is 39.5 Å². The maximum absolute atomic E-state index is 12.7. The monoisotopic (exact) mass is 494 g/mol. The molecule has 2 aliphatic rings. The van der Waals surface area contributed by atoms with Gasteiger partial charge in [0.2, 0.25) is 0 Å². The molecule has 1 aliphatic carbocycles. The summed E-state index contributed by atoms with van der Waals surface area (Å²) in [5, 5.41) is 10.2. The van der Waals surface area contributed by atoms with Crippen molar-refractivity contribution in [3.8, 4) is 39.7 Å². The second-order valence-corrected chi connectivity index (χ2v) is 10.7. The third-order valence-corrected chi connectivity index (χ3v) is 7.36. The fourth-order valence-electron chi connectivity index (χ4n) is 5.70. The molecule has 188 valence electrons. The minimum Gasteiger partial charge on any atom is -0.472 e. The third-order valence-electron chi connectivity index (χ3n) is 7.36. The molecule has 1 amide bonds. The van der Waals surface area contributed by atoms with Crippen LogP contribution in [0.2, 0.25) is 0 Å². The first-order chi connectivity index (χ1) is 17.7. The lowest BCUT2D eigenvalue weighted by Crippen LogP contribution is -2.58. The van der Waals surface area contributed by atoms with Crippen LogP contribution in [-0.2, 0) is 12.3 Å². The van der Waals surface area contributed by atoms with E-state index in [1.807, 2.05) is 61.5 Å². The maximum atomic E-state index is 12.7. The standard InChI is InChI=1S/C30H30N4O3/c1-29(36)16-30(31,17-29)22-12-9-19(10-13-22)25-26(20-7-5-4-6-8-20)34-18-37-24-14-11-21(28(35)33(2)3)15-23(24)27(34)32-25/h4-15,36H,16-18,31H2,1-3H3/t29-,30-. The van der Waals surface area contributed by atoms with E-state index in [9.17, 15) is 9.90 Å². The number of fused-ring (bicyclic) bond motifs is 3. The van der Waals surface area contributed by atoms with Crippen molar-refractivity contribution in [3.63, 3.8) is 0 Å². The summed E-state index contributed by atoms with van der Waals surface area (Å²) in [5.41, 5.74) is 11.5. The third kappa shape index (κ3) is 3.91. The molecule has 3 N–H and O–H groups in total. The van der Waals surface area contributed by atoms with Gasteiger partial charge in [-0.15, -0.1) is 0 Å². The van der Waals surface area contributed by atoms with Crippen LogP contribution >= 0.6 is 0 Å². The van der Waals surface area contributed by atoms with Crippen molar-refractivity contribution < 1.29 is 14.6 Å². The Morgan fingerprint density at radius 1 is 1.03 bits per heavy atom. The Hall–Kier alpha value is -3.94. The number of aromatic nitrogens is 2. The maximum Gasteiger partial charge on any atom is 0.253 e. The van der Waals surface area contributed by atoms with Gasteiger partial charge in [-0.1, -0.05) is 54.6 Å². The fraction of sp³-hybridized carbons (Fsp3) is 0.267. The van der Waals surface area contributed by atoms with E-state index in [0.29, 0.717) is 30.9 Å². The van der Waals surface area contributed by atoms with E-state index in [2.05, 4.69) is 16.7 Å². The molecule has 7 nitrogen and oxygen atoms in total. The summed E-state index contributed by atoms with van der Waals surface area (Å²) in [4.78, 5) is 19.4. The SMILES string of the molecule is CN(C)C(=O)c1ccc2c(c1)-c1nc(-c3ccc([C@]4(N)C[C@](C)(O)C4)cc3)c(-c3ccccc3)n1CO2. The average Bonchev–Trinajstić information content (AvgIpc) is 3.27. The smallest absolute Gasteiger partial charge is 0.253 e. The van der Waals surface area contributed by atoms with Crippen LogP contribution in [0.25, 0.3) is 33.9 Å². The normalized spacial score (nSPS) is 21.9. The van der Waals surface area contributed by atoms with Crippen LogP contribution in [-0.4, -0.2) is 45.2 Å². The van der Waals surface area contributed by atoms with Crippen molar-refractivity contribution in [2.24, 2.45) is 5.73 Å². The number of hydrogen-bond donors (Lipinski definition) is 2. The van der Waals surface area contributed by atoms with Gasteiger partial charge in [-0.05, 0) is 43.5 Å². The zero-order chi connectivity index (χ0) is 25.9. The van der Waals surface area contributed by atoms with Gasteiger partial charge in [-0.2, -0.15) is 0 Å². The van der Waals surface area contributed by atoms with Crippen LogP contribution in [0, 0.1) is 0 Å². The van der Waals surface area contributed by atoms with Crippen molar-refractivity contribution in [1.82, 2.24) is 14.5 Å². The summed E-state index contributed by atoms with van der Waals surface area (Å²) in [6, 6.07) is 23.8. The summed E-state index contributed by atoms with van der Waals surface area (Å²) in [7, 11) is 3.48. The van der Waals surface area contributed by atoms with Gasteiger partial charge in [0, 0.05) is 36.3 Å². The van der Waals surface area contributed by atoms with E-state index in [-0.39, 0.29) is 5.91 Å². The molecular weight excluding hydrogens is 464 g/mol. The summed E-state index contributed by atoms with van der Waals surface area (Å²) in [6.07, 6.45) is 1.07. The summed E-state index contributed by atoms with van der Waals surface area (Å²) >= 11 is 0. The molecule has 4 aromatic rings. The van der Waals surface area contributed by atoms with Crippen LogP contribution < -0.4 is 10.5 Å². The predicted octanol–water partition coefficient (Wildman–Crippen LogP) is 4.63. The van der Waals surface area contributed by atoms with E-state index < -0.39 is 11.1 Å². The van der Waals surface area contributed by atoms with Crippen molar-refractivity contribution in [1.29, 1.82) is 0 Å². The number of amides is 1. The van der Waals surface area contributed by atoms with Crippen molar-refractivity contribution in [2.75, 3.05) is 14.1 Å². The molecule has 0 unspecified atom stereocenters. The van der Waals surface area contributed by atoms with E-state index in [1.54, 1.807) is 25.1 Å². The number of carbonyl (C=O) groups excluding carboxylic acids is 1. The topological polar surface area (TPSA) is 93.6 Å². The fourth-order valence-corrected chi connectivity index (χ4v) is 5.70. The van der Waals surface area contributed by atoms with Crippen molar-refractivity contribution in [3.05, 3.63) is 83.9 Å². The molecule has 37 heavy (non-hydrogen) atoms. The Kier molecular flexibility index (Phi) is 5.26. The molecule has 1 aliphatic heterocycles. The molecule has 7 heteroatoms. The first kappa shape index (κ1) is 23.5. The highest BCUT2D eigenvalue weighted by Crippen LogP contribution is 2.47. The zero-order valence-corrected chi connectivity index (χ0v) is 21.2. The molecule has 1 saturated carbocycles. The second-order valence-electron chi connectivity index (χ2n) is 10.7. The first-order valence-corrected chi connectivity index (χ1v) is 12.4. The van der Waals surface area contributed by atoms with Gasteiger partial charge >= 0.3 is 0 Å². The largest absolute Gasteiger partial charge is 0.472 e. The van der Waals surface area contributed by atoms with Crippen molar-refractivity contribution >= 4 is 5.91 Å². The average molecular weight is 495 g/mol. The highest BCUT2D eigenvalue weighted by Gasteiger charge is 2.49. The molecule has 3 aromatic carbocycles. The van der Waals surface area contributed by atoms with Gasteiger partial charge in [0.05, 0.1) is 22.6 Å². The molecule has 1 aromatic heterocycles. The zero-order valence-electron chi connectivity index (χ0n) is 21.2. The molecule has 2 heterocycles. The number of imidazole rings is 1. The van der Waals surface area contributed by atoms with Gasteiger partial charge in [-0.3, -0.25) is 9.36 Å². The Bertz CT molecular complexity index is 1500. The molecule has 0 radical (unpaired) electrons. The number of benzene rings is 3. The van der Waals surface area contributed by atoms with E-state index in [1.165, 1.54) is 0 Å². The van der Waals surface area contributed by atoms with E-state index in [4.69, 9.17) is 15.5 Å². The Balaban J connectivity index is 1.48. The van der Waals surface area contributed by atoms with E-state index >= 15 is 0 Å². The molecule has 0 spiro atoms. The van der Waals surface area contributed by atoms with Gasteiger partial charge in [0.1, 0.15) is 11.6 Å². The number of rotatable bonds is 4. The molecule has 1 fully saturated rings. The highest BCUT2D eigenvalue weighted by molar-refractivity contribution is 5.96. The van der Waals surface area contributed by atoms with Gasteiger partial charge in [0.15, 0.2) is 6.73 Å². The molecule has 0 saturated heterocycles. The quantitative estimate of drug-likeness (QED) is 0.431. The number of ether oxygens (including phenoxy) is 1. The molecular formula is C30H30N4O3. The van der Waals surface area contributed by atoms with Gasteiger partial charge in [-0.25, -0.2) is 4.98 Å². The summed E-state index contributed by atoms with van der Waals surface area (Å²) in [5.74, 6) is 1.39. The Labute approximate surface area is 216 Å². The molecule has 0 bridgehead atoms.